The van der Waals surface area contributed by atoms with E-state index in [-0.39, 0.29) is 22.9 Å². The van der Waals surface area contributed by atoms with Gasteiger partial charge >= 0.3 is 5.97 Å². The van der Waals surface area contributed by atoms with Gasteiger partial charge in [-0.3, -0.25) is 4.79 Å². The molecule has 0 aliphatic heterocycles. The van der Waals surface area contributed by atoms with Crippen LogP contribution in [-0.2, 0) is 9.53 Å². The van der Waals surface area contributed by atoms with Gasteiger partial charge in [0.2, 0.25) is 0 Å². The van der Waals surface area contributed by atoms with Crippen LogP contribution in [0.1, 0.15) is 40.0 Å². The van der Waals surface area contributed by atoms with Gasteiger partial charge in [-0.2, -0.15) is 0 Å². The molecular formula is C12H19BrO2. The third-order valence-electron chi connectivity index (χ3n) is 4.50. The molecule has 0 aromatic heterocycles. The molecule has 3 heteroatoms. The monoisotopic (exact) mass is 274 g/mol. The van der Waals surface area contributed by atoms with Crippen molar-refractivity contribution in [2.75, 3.05) is 5.33 Å². The van der Waals surface area contributed by atoms with Crippen LogP contribution in [0.5, 0.6) is 0 Å². The first-order valence-corrected chi connectivity index (χ1v) is 6.78. The number of hydrogen-bond donors (Lipinski definition) is 0. The largest absolute Gasteiger partial charge is 0.461 e. The van der Waals surface area contributed by atoms with Gasteiger partial charge in [0.05, 0.1) is 0 Å². The van der Waals surface area contributed by atoms with E-state index in [0.29, 0.717) is 5.33 Å². The molecule has 2 bridgehead atoms. The molecule has 2 aliphatic rings. The second kappa shape index (κ2) is 3.47. The van der Waals surface area contributed by atoms with Crippen molar-refractivity contribution in [3.63, 3.8) is 0 Å². The van der Waals surface area contributed by atoms with Crippen LogP contribution < -0.4 is 0 Å². The number of ether oxygens (including phenoxy) is 1. The van der Waals surface area contributed by atoms with E-state index in [1.54, 1.807) is 0 Å². The van der Waals surface area contributed by atoms with E-state index in [0.717, 1.165) is 5.92 Å². The van der Waals surface area contributed by atoms with Crippen LogP contribution in [0.4, 0.5) is 0 Å². The third kappa shape index (κ3) is 1.63. The molecule has 2 saturated carbocycles. The molecule has 0 spiro atoms. The Balaban J connectivity index is 2.19. The van der Waals surface area contributed by atoms with Gasteiger partial charge in [-0.15, -0.1) is 0 Å². The zero-order chi connectivity index (χ0) is 11.3. The molecular weight excluding hydrogens is 256 g/mol. The van der Waals surface area contributed by atoms with Gasteiger partial charge in [-0.05, 0) is 25.2 Å². The number of fused-ring (bicyclic) bond motifs is 2. The first kappa shape index (κ1) is 11.4. The number of rotatable bonds is 2. The Kier molecular flexibility index (Phi) is 2.65. The maximum Gasteiger partial charge on any atom is 0.316 e. The molecule has 2 rings (SSSR count). The molecule has 0 amide bonds. The summed E-state index contributed by atoms with van der Waals surface area (Å²) in [5.74, 6) is 0.609. The van der Waals surface area contributed by atoms with E-state index in [1.807, 2.05) is 0 Å². The van der Waals surface area contributed by atoms with Crippen LogP contribution in [0, 0.1) is 16.7 Å². The minimum Gasteiger partial charge on any atom is -0.461 e. The first-order chi connectivity index (χ1) is 6.90. The highest BCUT2D eigenvalue weighted by atomic mass is 79.9. The number of carbonyl (C=O) groups is 1. The topological polar surface area (TPSA) is 26.3 Å². The minimum atomic E-state index is -0.123. The molecule has 0 saturated heterocycles. The maximum atomic E-state index is 11.4. The number of halogens is 1. The lowest BCUT2D eigenvalue weighted by Crippen LogP contribution is -2.43. The normalized spacial score (nSPS) is 41.9. The first-order valence-electron chi connectivity index (χ1n) is 5.65. The number of esters is 1. The van der Waals surface area contributed by atoms with E-state index >= 15 is 0 Å². The molecule has 86 valence electrons. The zero-order valence-electron chi connectivity index (χ0n) is 9.68. The van der Waals surface area contributed by atoms with Crippen molar-refractivity contribution in [3.05, 3.63) is 0 Å². The molecule has 2 fully saturated rings. The van der Waals surface area contributed by atoms with Crippen molar-refractivity contribution in [2.24, 2.45) is 16.7 Å². The molecule has 0 heterocycles. The molecule has 2 aliphatic carbocycles. The van der Waals surface area contributed by atoms with E-state index < -0.39 is 0 Å². The van der Waals surface area contributed by atoms with E-state index in [9.17, 15) is 4.79 Å². The van der Waals surface area contributed by atoms with Crippen molar-refractivity contribution in [3.8, 4) is 0 Å². The van der Waals surface area contributed by atoms with Gasteiger partial charge in [0.15, 0.2) is 0 Å². The number of hydrogen-bond acceptors (Lipinski definition) is 2. The second-order valence-corrected chi connectivity index (χ2v) is 6.48. The van der Waals surface area contributed by atoms with Gasteiger partial charge in [-0.1, -0.05) is 36.7 Å². The fourth-order valence-electron chi connectivity index (χ4n) is 3.71. The van der Waals surface area contributed by atoms with Gasteiger partial charge < -0.3 is 4.74 Å². The van der Waals surface area contributed by atoms with Gasteiger partial charge in [0, 0.05) is 10.8 Å². The number of alkyl halides is 1. The van der Waals surface area contributed by atoms with Crippen LogP contribution in [0.2, 0.25) is 0 Å². The average Bonchev–Trinajstić information content (AvgIpc) is 2.63. The summed E-state index contributed by atoms with van der Waals surface area (Å²) in [7, 11) is 0. The summed E-state index contributed by atoms with van der Waals surface area (Å²) in [5, 5.41) is 0.306. The molecule has 3 unspecified atom stereocenters. The van der Waals surface area contributed by atoms with E-state index in [1.165, 1.54) is 19.3 Å². The van der Waals surface area contributed by atoms with Crippen LogP contribution in [0.25, 0.3) is 0 Å². The summed E-state index contributed by atoms with van der Waals surface area (Å²) < 4.78 is 5.63. The SMILES string of the molecule is CC12CCC(C1)C(C)(C)C2OC(=O)CBr. The summed E-state index contributed by atoms with van der Waals surface area (Å²) >= 11 is 3.16. The molecule has 0 radical (unpaired) electrons. The van der Waals surface area contributed by atoms with Crippen molar-refractivity contribution in [1.82, 2.24) is 0 Å². The van der Waals surface area contributed by atoms with E-state index in [4.69, 9.17) is 4.74 Å². The van der Waals surface area contributed by atoms with Crippen LogP contribution in [0.3, 0.4) is 0 Å². The highest BCUT2D eigenvalue weighted by molar-refractivity contribution is 9.09. The van der Waals surface area contributed by atoms with Crippen LogP contribution in [-0.4, -0.2) is 17.4 Å². The zero-order valence-corrected chi connectivity index (χ0v) is 11.3. The Morgan fingerprint density at radius 3 is 2.60 bits per heavy atom. The Hall–Kier alpha value is -0.0500. The van der Waals surface area contributed by atoms with Crippen molar-refractivity contribution >= 4 is 21.9 Å². The van der Waals surface area contributed by atoms with Crippen LogP contribution >= 0.6 is 15.9 Å². The van der Waals surface area contributed by atoms with Gasteiger partial charge in [0.25, 0.3) is 0 Å². The lowest BCUT2D eigenvalue weighted by atomic mass is 9.70. The average molecular weight is 275 g/mol. The second-order valence-electron chi connectivity index (χ2n) is 5.92. The standard InChI is InChI=1S/C12H19BrO2/c1-11(2)8-4-5-12(3,6-8)10(11)15-9(14)7-13/h8,10H,4-7H2,1-3H3. The quantitative estimate of drug-likeness (QED) is 0.571. The Morgan fingerprint density at radius 2 is 2.13 bits per heavy atom. The third-order valence-corrected chi connectivity index (χ3v) is 4.95. The van der Waals surface area contributed by atoms with E-state index in [2.05, 4.69) is 36.7 Å². The Bertz CT molecular complexity index is 283. The fraction of sp³-hybridized carbons (Fsp3) is 0.917. The van der Waals surface area contributed by atoms with Crippen molar-refractivity contribution in [1.29, 1.82) is 0 Å². The summed E-state index contributed by atoms with van der Waals surface area (Å²) in [6.07, 6.45) is 3.83. The predicted molar refractivity (Wildman–Crippen MR) is 62.9 cm³/mol. The lowest BCUT2D eigenvalue weighted by molar-refractivity contribution is -0.161. The van der Waals surface area contributed by atoms with Crippen LogP contribution in [0.15, 0.2) is 0 Å². The van der Waals surface area contributed by atoms with Gasteiger partial charge in [0.1, 0.15) is 11.4 Å². The molecule has 0 aromatic rings. The highest BCUT2D eigenvalue weighted by Gasteiger charge is 2.61. The molecule has 3 atom stereocenters. The summed E-state index contributed by atoms with van der Waals surface area (Å²) in [5.41, 5.74) is 0.386. The van der Waals surface area contributed by atoms with Gasteiger partial charge in [-0.25, -0.2) is 0 Å². The lowest BCUT2D eigenvalue weighted by Gasteiger charge is -2.41. The highest BCUT2D eigenvalue weighted by Crippen LogP contribution is 2.63. The Morgan fingerprint density at radius 1 is 1.47 bits per heavy atom. The summed E-state index contributed by atoms with van der Waals surface area (Å²) in [6.45, 7) is 6.76. The van der Waals surface area contributed by atoms with Crippen molar-refractivity contribution < 1.29 is 9.53 Å². The molecule has 0 N–H and O–H groups in total. The van der Waals surface area contributed by atoms with Crippen molar-refractivity contribution in [2.45, 2.75) is 46.1 Å². The smallest absolute Gasteiger partial charge is 0.316 e. The number of carbonyl (C=O) groups excluding carboxylic acids is 1. The molecule has 2 nitrogen and oxygen atoms in total. The summed E-state index contributed by atoms with van der Waals surface area (Å²) in [4.78, 5) is 11.4. The predicted octanol–water partition coefficient (Wildman–Crippen LogP) is 3.14. The summed E-state index contributed by atoms with van der Waals surface area (Å²) in [6, 6.07) is 0. The fourth-order valence-corrected chi connectivity index (χ4v) is 3.85. The minimum absolute atomic E-state index is 0.105. The Labute approximate surface area is 99.9 Å². The maximum absolute atomic E-state index is 11.4. The molecule has 0 aromatic carbocycles. The molecule has 15 heavy (non-hydrogen) atoms.